The van der Waals surface area contributed by atoms with Crippen molar-refractivity contribution in [2.45, 2.75) is 26.2 Å². The van der Waals surface area contributed by atoms with Crippen LogP contribution in [0.5, 0.6) is 0 Å². The first-order valence-electron chi connectivity index (χ1n) is 8.11. The quantitative estimate of drug-likeness (QED) is 0.912. The lowest BCUT2D eigenvalue weighted by Gasteiger charge is -2.27. The number of carbonyl (C=O) groups excluding carboxylic acids is 1. The smallest absolute Gasteiger partial charge is 0.287 e. The van der Waals surface area contributed by atoms with Gasteiger partial charge in [0.15, 0.2) is 5.69 Å². The van der Waals surface area contributed by atoms with Gasteiger partial charge in [-0.15, -0.1) is 11.3 Å². The summed E-state index contributed by atoms with van der Waals surface area (Å²) in [6, 6.07) is 10.1. The lowest BCUT2D eigenvalue weighted by molar-refractivity contribution is 0.0746. The van der Waals surface area contributed by atoms with Crippen molar-refractivity contribution in [3.8, 4) is 0 Å². The number of amides is 1. The number of para-hydroxylation sites is 1. The molecule has 0 atom stereocenters. The van der Waals surface area contributed by atoms with Crippen molar-refractivity contribution in [1.29, 1.82) is 0 Å². The Bertz CT molecular complexity index is 637. The number of aromatic nitrogens is 1. The number of thiazole rings is 1. The predicted octanol–water partition coefficient (Wildman–Crippen LogP) is 3.43. The number of hydrogen-bond acceptors (Lipinski definition) is 5. The molecule has 0 unspecified atom stereocenters. The number of rotatable bonds is 5. The molecule has 6 heteroatoms. The lowest BCUT2D eigenvalue weighted by atomic mass is 10.2. The van der Waals surface area contributed by atoms with Crippen LogP contribution in [0, 0.1) is 0 Å². The SMILES string of the molecule is CCN(c1ccccc1)c1scnc1C(=O)NN1CCCCC1. The molecule has 1 amide bonds. The molecule has 0 saturated carbocycles. The average Bonchev–Trinajstić information content (AvgIpc) is 3.07. The van der Waals surface area contributed by atoms with Gasteiger partial charge in [-0.05, 0) is 31.9 Å². The maximum absolute atomic E-state index is 12.6. The van der Waals surface area contributed by atoms with Crippen LogP contribution in [0.25, 0.3) is 0 Å². The summed E-state index contributed by atoms with van der Waals surface area (Å²) in [5.74, 6) is -0.113. The Balaban J connectivity index is 1.79. The van der Waals surface area contributed by atoms with Crippen LogP contribution in [0.3, 0.4) is 0 Å². The second-order valence-electron chi connectivity index (χ2n) is 5.57. The molecule has 1 saturated heterocycles. The molecular formula is C17H22N4OS. The summed E-state index contributed by atoms with van der Waals surface area (Å²) >= 11 is 1.50. The molecule has 2 heterocycles. The Hall–Kier alpha value is -1.92. The normalized spacial score (nSPS) is 15.3. The van der Waals surface area contributed by atoms with Crippen LogP contribution >= 0.6 is 11.3 Å². The topological polar surface area (TPSA) is 48.5 Å². The van der Waals surface area contributed by atoms with Gasteiger partial charge in [0.05, 0.1) is 5.51 Å². The number of carbonyl (C=O) groups is 1. The van der Waals surface area contributed by atoms with Crippen LogP contribution in [0.2, 0.25) is 0 Å². The lowest BCUT2D eigenvalue weighted by Crippen LogP contribution is -2.45. The fourth-order valence-electron chi connectivity index (χ4n) is 2.84. The highest BCUT2D eigenvalue weighted by atomic mass is 32.1. The molecule has 1 aromatic heterocycles. The van der Waals surface area contributed by atoms with E-state index in [1.54, 1.807) is 5.51 Å². The Morgan fingerprint density at radius 2 is 2.00 bits per heavy atom. The van der Waals surface area contributed by atoms with Crippen LogP contribution < -0.4 is 10.3 Å². The van der Waals surface area contributed by atoms with Gasteiger partial charge in [0.25, 0.3) is 5.91 Å². The van der Waals surface area contributed by atoms with E-state index in [1.807, 2.05) is 23.2 Å². The van der Waals surface area contributed by atoms with Crippen molar-refractivity contribution in [3.63, 3.8) is 0 Å². The number of piperidine rings is 1. The molecule has 0 aliphatic carbocycles. The second kappa shape index (κ2) is 7.57. The Morgan fingerprint density at radius 1 is 1.26 bits per heavy atom. The summed E-state index contributed by atoms with van der Waals surface area (Å²) in [6.07, 6.45) is 3.51. The first-order chi connectivity index (χ1) is 11.3. The fraction of sp³-hybridized carbons (Fsp3) is 0.412. The maximum Gasteiger partial charge on any atom is 0.287 e. The molecule has 2 aromatic rings. The maximum atomic E-state index is 12.6. The standard InChI is InChI=1S/C17H22N4OS/c1-2-21(14-9-5-3-6-10-14)17-15(18-13-23-17)16(22)19-20-11-7-4-8-12-20/h3,5-6,9-10,13H,2,4,7-8,11-12H2,1H3,(H,19,22). The largest absolute Gasteiger partial charge is 0.332 e. The van der Waals surface area contributed by atoms with Gasteiger partial charge >= 0.3 is 0 Å². The van der Waals surface area contributed by atoms with Crippen molar-refractivity contribution in [3.05, 3.63) is 41.5 Å². The third kappa shape index (κ3) is 3.71. The van der Waals surface area contributed by atoms with E-state index >= 15 is 0 Å². The molecule has 3 rings (SSSR count). The van der Waals surface area contributed by atoms with Crippen molar-refractivity contribution < 1.29 is 4.79 Å². The van der Waals surface area contributed by atoms with Crippen LogP contribution in [-0.2, 0) is 0 Å². The van der Waals surface area contributed by atoms with Crippen molar-refractivity contribution in [2.75, 3.05) is 24.5 Å². The van der Waals surface area contributed by atoms with Crippen LogP contribution in [0.1, 0.15) is 36.7 Å². The number of nitrogens with zero attached hydrogens (tertiary/aromatic N) is 3. The molecule has 23 heavy (non-hydrogen) atoms. The highest BCUT2D eigenvalue weighted by Gasteiger charge is 2.22. The van der Waals surface area contributed by atoms with Crippen LogP contribution in [-0.4, -0.2) is 35.5 Å². The van der Waals surface area contributed by atoms with Gasteiger partial charge in [-0.25, -0.2) is 9.99 Å². The minimum atomic E-state index is -0.113. The summed E-state index contributed by atoms with van der Waals surface area (Å²) in [5, 5.41) is 2.90. The number of hydrogen-bond donors (Lipinski definition) is 1. The zero-order chi connectivity index (χ0) is 16.1. The zero-order valence-electron chi connectivity index (χ0n) is 13.4. The van der Waals surface area contributed by atoms with Gasteiger partial charge in [-0.3, -0.25) is 10.2 Å². The Morgan fingerprint density at radius 3 is 2.70 bits per heavy atom. The average molecular weight is 330 g/mol. The van der Waals surface area contributed by atoms with Gasteiger partial charge in [-0.1, -0.05) is 24.6 Å². The van der Waals surface area contributed by atoms with Gasteiger partial charge in [0.1, 0.15) is 5.00 Å². The number of nitrogens with one attached hydrogen (secondary N) is 1. The minimum absolute atomic E-state index is 0.113. The Labute approximate surface area is 140 Å². The van der Waals surface area contributed by atoms with Gasteiger partial charge in [0.2, 0.25) is 0 Å². The zero-order valence-corrected chi connectivity index (χ0v) is 14.2. The van der Waals surface area contributed by atoms with E-state index in [9.17, 15) is 4.79 Å². The number of hydrazine groups is 1. The first-order valence-corrected chi connectivity index (χ1v) is 8.99. The van der Waals surface area contributed by atoms with Crippen molar-refractivity contribution >= 4 is 27.9 Å². The minimum Gasteiger partial charge on any atom is -0.332 e. The van der Waals surface area contributed by atoms with Gasteiger partial charge < -0.3 is 4.90 Å². The molecule has 5 nitrogen and oxygen atoms in total. The van der Waals surface area contributed by atoms with Crippen molar-refractivity contribution in [2.24, 2.45) is 0 Å². The number of benzene rings is 1. The number of anilines is 2. The summed E-state index contributed by atoms with van der Waals surface area (Å²) in [7, 11) is 0. The third-order valence-corrected chi connectivity index (χ3v) is 4.86. The fourth-order valence-corrected chi connectivity index (χ4v) is 3.72. The van der Waals surface area contributed by atoms with E-state index in [1.165, 1.54) is 17.8 Å². The third-order valence-electron chi connectivity index (χ3n) is 4.01. The second-order valence-corrected chi connectivity index (χ2v) is 6.41. The summed E-state index contributed by atoms with van der Waals surface area (Å²) < 4.78 is 0. The van der Waals surface area contributed by atoms with E-state index in [-0.39, 0.29) is 5.91 Å². The van der Waals surface area contributed by atoms with E-state index in [2.05, 4.69) is 34.4 Å². The van der Waals surface area contributed by atoms with E-state index in [4.69, 9.17) is 0 Å². The van der Waals surface area contributed by atoms with Crippen LogP contribution in [0.15, 0.2) is 35.8 Å². The summed E-state index contributed by atoms with van der Waals surface area (Å²) in [6.45, 7) is 4.71. The molecule has 122 valence electrons. The molecule has 1 fully saturated rings. The van der Waals surface area contributed by atoms with E-state index < -0.39 is 0 Å². The molecule has 1 aromatic carbocycles. The Kier molecular flexibility index (Phi) is 5.25. The highest BCUT2D eigenvalue weighted by molar-refractivity contribution is 7.14. The first kappa shape index (κ1) is 16.0. The molecule has 1 aliphatic rings. The summed E-state index contributed by atoms with van der Waals surface area (Å²) in [5.41, 5.74) is 6.33. The van der Waals surface area contributed by atoms with E-state index in [0.29, 0.717) is 5.69 Å². The molecule has 1 aliphatic heterocycles. The highest BCUT2D eigenvalue weighted by Crippen LogP contribution is 2.31. The predicted molar refractivity (Wildman–Crippen MR) is 94.1 cm³/mol. The molecule has 1 N–H and O–H groups in total. The van der Waals surface area contributed by atoms with Gasteiger partial charge in [-0.2, -0.15) is 0 Å². The molecule has 0 spiro atoms. The van der Waals surface area contributed by atoms with Crippen molar-refractivity contribution in [1.82, 2.24) is 15.4 Å². The monoisotopic (exact) mass is 330 g/mol. The van der Waals surface area contributed by atoms with E-state index in [0.717, 1.165) is 43.2 Å². The summed E-state index contributed by atoms with van der Waals surface area (Å²) in [4.78, 5) is 19.1. The molecular weight excluding hydrogens is 308 g/mol. The van der Waals surface area contributed by atoms with Crippen LogP contribution in [0.4, 0.5) is 10.7 Å². The van der Waals surface area contributed by atoms with Gasteiger partial charge in [0, 0.05) is 25.3 Å². The molecule has 0 radical (unpaired) electrons. The molecule has 0 bridgehead atoms.